The molecule has 0 aromatic heterocycles. The Morgan fingerprint density at radius 3 is 1.10 bits per heavy atom. The first-order chi connectivity index (χ1) is 8.95. The Morgan fingerprint density at radius 2 is 0.950 bits per heavy atom. The van der Waals surface area contributed by atoms with E-state index >= 15 is 0 Å². The number of nitriles is 2. The van der Waals surface area contributed by atoms with E-state index in [2.05, 4.69) is 22.4 Å². The Kier molecular flexibility index (Phi) is 5.50. The normalized spacial score (nSPS) is 18.9. The zero-order valence-corrected chi connectivity index (χ0v) is 14.2. The summed E-state index contributed by atoms with van der Waals surface area (Å²) in [5.74, 6) is 0. The van der Waals surface area contributed by atoms with Gasteiger partial charge in [0, 0.05) is 10.8 Å². The molecule has 0 fully saturated rings. The molecule has 0 aromatic carbocycles. The molecule has 0 aliphatic rings. The van der Waals surface area contributed by atoms with Crippen molar-refractivity contribution < 1.29 is 0 Å². The quantitative estimate of drug-likeness (QED) is 0.649. The molecule has 0 heterocycles. The van der Waals surface area contributed by atoms with Crippen LogP contribution in [0.3, 0.4) is 0 Å². The SMILES string of the molecule is CCC(C)(C)C(C)(C#N)/N=N/C(C)(C#N)C(C)(C)CC. The Balaban J connectivity index is 5.69. The summed E-state index contributed by atoms with van der Waals surface area (Å²) >= 11 is 0. The van der Waals surface area contributed by atoms with Crippen LogP contribution >= 0.6 is 0 Å². The molecule has 112 valence electrons. The van der Waals surface area contributed by atoms with Crippen molar-refractivity contribution in [3.05, 3.63) is 0 Å². The third-order valence-corrected chi connectivity index (χ3v) is 5.29. The minimum Gasteiger partial charge on any atom is -0.196 e. The lowest BCUT2D eigenvalue weighted by Gasteiger charge is -2.37. The van der Waals surface area contributed by atoms with E-state index in [4.69, 9.17) is 0 Å². The van der Waals surface area contributed by atoms with Crippen LogP contribution in [-0.4, -0.2) is 11.1 Å². The Bertz CT molecular complexity index is 408. The highest BCUT2D eigenvalue weighted by Crippen LogP contribution is 2.41. The van der Waals surface area contributed by atoms with E-state index in [1.165, 1.54) is 0 Å². The van der Waals surface area contributed by atoms with Crippen molar-refractivity contribution in [2.24, 2.45) is 21.1 Å². The second-order valence-electron chi connectivity index (χ2n) is 7.04. The van der Waals surface area contributed by atoms with Crippen molar-refractivity contribution in [1.29, 1.82) is 10.5 Å². The number of hydrogen-bond acceptors (Lipinski definition) is 4. The van der Waals surface area contributed by atoms with Crippen LogP contribution in [0.2, 0.25) is 0 Å². The summed E-state index contributed by atoms with van der Waals surface area (Å²) in [7, 11) is 0. The number of azo groups is 1. The summed E-state index contributed by atoms with van der Waals surface area (Å²) in [5, 5.41) is 27.6. The van der Waals surface area contributed by atoms with Gasteiger partial charge >= 0.3 is 0 Å². The molecular formula is C16H28N4. The third-order valence-electron chi connectivity index (χ3n) is 5.29. The van der Waals surface area contributed by atoms with Crippen LogP contribution in [0.15, 0.2) is 10.2 Å². The summed E-state index contributed by atoms with van der Waals surface area (Å²) in [5.41, 5.74) is -2.44. The van der Waals surface area contributed by atoms with Gasteiger partial charge in [-0.05, 0) is 26.7 Å². The van der Waals surface area contributed by atoms with Gasteiger partial charge < -0.3 is 0 Å². The van der Waals surface area contributed by atoms with E-state index in [9.17, 15) is 10.5 Å². The molecule has 2 unspecified atom stereocenters. The van der Waals surface area contributed by atoms with Crippen LogP contribution < -0.4 is 0 Å². The minimum absolute atomic E-state index is 0.294. The first-order valence-electron chi connectivity index (χ1n) is 7.22. The number of rotatable bonds is 6. The lowest BCUT2D eigenvalue weighted by Crippen LogP contribution is -2.41. The fourth-order valence-corrected chi connectivity index (χ4v) is 1.51. The van der Waals surface area contributed by atoms with Crippen LogP contribution in [0.25, 0.3) is 0 Å². The molecule has 0 aliphatic carbocycles. The van der Waals surface area contributed by atoms with Crippen molar-refractivity contribution in [3.63, 3.8) is 0 Å². The molecule has 4 nitrogen and oxygen atoms in total. The van der Waals surface area contributed by atoms with Gasteiger partial charge in [0.1, 0.15) is 0 Å². The Morgan fingerprint density at radius 1 is 0.700 bits per heavy atom. The molecule has 0 bridgehead atoms. The van der Waals surface area contributed by atoms with Gasteiger partial charge in [0.25, 0.3) is 0 Å². The van der Waals surface area contributed by atoms with Gasteiger partial charge in [-0.1, -0.05) is 41.5 Å². The lowest BCUT2D eigenvalue weighted by molar-refractivity contribution is 0.188. The van der Waals surface area contributed by atoms with Crippen LogP contribution in [0.1, 0.15) is 68.2 Å². The summed E-state index contributed by atoms with van der Waals surface area (Å²) in [6.07, 6.45) is 1.63. The highest BCUT2D eigenvalue weighted by molar-refractivity contribution is 5.15. The zero-order chi connectivity index (χ0) is 16.2. The van der Waals surface area contributed by atoms with Gasteiger partial charge in [-0.15, -0.1) is 0 Å². The fourth-order valence-electron chi connectivity index (χ4n) is 1.51. The second kappa shape index (κ2) is 5.92. The molecule has 0 N–H and O–H groups in total. The first-order valence-corrected chi connectivity index (χ1v) is 7.22. The van der Waals surface area contributed by atoms with Gasteiger partial charge in [-0.2, -0.15) is 20.8 Å². The van der Waals surface area contributed by atoms with Crippen molar-refractivity contribution in [1.82, 2.24) is 0 Å². The lowest BCUT2D eigenvalue weighted by atomic mass is 9.72. The largest absolute Gasteiger partial charge is 0.196 e. The van der Waals surface area contributed by atoms with E-state index < -0.39 is 11.1 Å². The second-order valence-corrected chi connectivity index (χ2v) is 7.04. The predicted molar refractivity (Wildman–Crippen MR) is 81.0 cm³/mol. The monoisotopic (exact) mass is 276 g/mol. The zero-order valence-electron chi connectivity index (χ0n) is 14.2. The van der Waals surface area contributed by atoms with E-state index in [0.29, 0.717) is 0 Å². The Labute approximate surface area is 123 Å². The number of hydrogen-bond donors (Lipinski definition) is 0. The predicted octanol–water partition coefficient (Wildman–Crippen LogP) is 4.88. The summed E-state index contributed by atoms with van der Waals surface area (Å²) in [4.78, 5) is 0. The molecular weight excluding hydrogens is 248 g/mol. The average molecular weight is 276 g/mol. The van der Waals surface area contributed by atoms with Crippen molar-refractivity contribution in [2.75, 3.05) is 0 Å². The van der Waals surface area contributed by atoms with Gasteiger partial charge in [0.15, 0.2) is 11.1 Å². The molecule has 0 radical (unpaired) electrons. The molecule has 0 aliphatic heterocycles. The number of nitrogens with zero attached hydrogens (tertiary/aromatic N) is 4. The standard InChI is InChI=1S/C16H28N4/c1-9-13(3,4)15(7,11-17)19-20-16(8,12-18)14(5,6)10-2/h9-10H2,1-8H3/b20-19+. The highest BCUT2D eigenvalue weighted by atomic mass is 15.2. The Hall–Kier alpha value is -1.42. The van der Waals surface area contributed by atoms with Crippen LogP contribution in [0.5, 0.6) is 0 Å². The van der Waals surface area contributed by atoms with Gasteiger partial charge in [-0.3, -0.25) is 0 Å². The minimum atomic E-state index is -0.927. The molecule has 20 heavy (non-hydrogen) atoms. The highest BCUT2D eigenvalue weighted by Gasteiger charge is 2.44. The van der Waals surface area contributed by atoms with E-state index in [0.717, 1.165) is 12.8 Å². The van der Waals surface area contributed by atoms with Gasteiger partial charge in [0.05, 0.1) is 12.1 Å². The van der Waals surface area contributed by atoms with E-state index in [-0.39, 0.29) is 10.8 Å². The maximum absolute atomic E-state index is 9.49. The first kappa shape index (κ1) is 18.6. The van der Waals surface area contributed by atoms with Crippen molar-refractivity contribution in [2.45, 2.75) is 79.3 Å². The molecule has 4 heteroatoms. The average Bonchev–Trinajstić information content (AvgIpc) is 2.43. The maximum atomic E-state index is 9.49. The molecule has 2 atom stereocenters. The molecule has 0 saturated carbocycles. The van der Waals surface area contributed by atoms with Crippen LogP contribution in [-0.2, 0) is 0 Å². The molecule has 0 saturated heterocycles. The smallest absolute Gasteiger partial charge is 0.169 e. The van der Waals surface area contributed by atoms with Crippen LogP contribution in [0, 0.1) is 33.5 Å². The molecule has 0 rings (SSSR count). The topological polar surface area (TPSA) is 72.3 Å². The van der Waals surface area contributed by atoms with Gasteiger partial charge in [-0.25, -0.2) is 0 Å². The van der Waals surface area contributed by atoms with E-state index in [1.807, 2.05) is 41.5 Å². The molecule has 0 aromatic rings. The molecule has 0 spiro atoms. The van der Waals surface area contributed by atoms with Crippen molar-refractivity contribution >= 4 is 0 Å². The van der Waals surface area contributed by atoms with Crippen LogP contribution in [0.4, 0.5) is 0 Å². The van der Waals surface area contributed by atoms with Crippen molar-refractivity contribution in [3.8, 4) is 12.1 Å². The fraction of sp³-hybridized carbons (Fsp3) is 0.875. The van der Waals surface area contributed by atoms with Gasteiger partial charge in [0.2, 0.25) is 0 Å². The third kappa shape index (κ3) is 3.18. The summed E-state index contributed by atoms with van der Waals surface area (Å²) < 4.78 is 0. The van der Waals surface area contributed by atoms with E-state index in [1.54, 1.807) is 13.8 Å². The maximum Gasteiger partial charge on any atom is 0.169 e. The summed E-state index contributed by atoms with van der Waals surface area (Å²) in [6, 6.07) is 4.53. The molecule has 0 amide bonds. The summed E-state index contributed by atoms with van der Waals surface area (Å²) in [6.45, 7) is 15.7.